The molecule has 0 heterocycles. The van der Waals surface area contributed by atoms with E-state index < -0.39 is 5.82 Å². The molecule has 2 rings (SSSR count). The molecule has 1 aromatic rings. The van der Waals surface area contributed by atoms with Crippen molar-refractivity contribution in [3.05, 3.63) is 29.6 Å². The quantitative estimate of drug-likeness (QED) is 0.755. The maximum atomic E-state index is 13.0. The van der Waals surface area contributed by atoms with Gasteiger partial charge in [-0.1, -0.05) is 0 Å². The summed E-state index contributed by atoms with van der Waals surface area (Å²) in [6.45, 7) is 0.548. The summed E-state index contributed by atoms with van der Waals surface area (Å²) in [6.07, 6.45) is 3.38. The van der Waals surface area contributed by atoms with E-state index in [1.165, 1.54) is 6.07 Å². The van der Waals surface area contributed by atoms with Crippen LogP contribution in [0, 0.1) is 5.82 Å². The van der Waals surface area contributed by atoms with Crippen LogP contribution in [0.15, 0.2) is 18.2 Å². The van der Waals surface area contributed by atoms with Crippen molar-refractivity contribution in [1.82, 2.24) is 5.32 Å². The SMILES string of the molecule is Oc1cc(F)cc(CNC2CCC(O)CC2)c1. The zero-order chi connectivity index (χ0) is 12.3. The third-order valence-corrected chi connectivity index (χ3v) is 3.23. The van der Waals surface area contributed by atoms with E-state index in [2.05, 4.69) is 5.32 Å². The van der Waals surface area contributed by atoms with Crippen molar-refractivity contribution < 1.29 is 14.6 Å². The molecule has 0 atom stereocenters. The smallest absolute Gasteiger partial charge is 0.127 e. The van der Waals surface area contributed by atoms with Crippen molar-refractivity contribution in [1.29, 1.82) is 0 Å². The number of phenolic OH excluding ortho intramolecular Hbond substituents is 1. The fourth-order valence-corrected chi connectivity index (χ4v) is 2.28. The summed E-state index contributed by atoms with van der Waals surface area (Å²) in [5, 5.41) is 22.0. The summed E-state index contributed by atoms with van der Waals surface area (Å²) in [6, 6.07) is 4.46. The third kappa shape index (κ3) is 3.68. The maximum absolute atomic E-state index is 13.0. The Morgan fingerprint density at radius 2 is 1.88 bits per heavy atom. The van der Waals surface area contributed by atoms with E-state index in [0.29, 0.717) is 12.6 Å². The number of nitrogens with one attached hydrogen (secondary N) is 1. The predicted molar refractivity (Wildman–Crippen MR) is 63.2 cm³/mol. The molecule has 1 aliphatic carbocycles. The molecule has 3 N–H and O–H groups in total. The van der Waals surface area contributed by atoms with Gasteiger partial charge >= 0.3 is 0 Å². The molecule has 1 aromatic carbocycles. The second-order valence-corrected chi connectivity index (χ2v) is 4.70. The first kappa shape index (κ1) is 12.3. The highest BCUT2D eigenvalue weighted by atomic mass is 19.1. The lowest BCUT2D eigenvalue weighted by molar-refractivity contribution is 0.116. The van der Waals surface area contributed by atoms with Gasteiger partial charge in [0.2, 0.25) is 0 Å². The fourth-order valence-electron chi connectivity index (χ4n) is 2.28. The van der Waals surface area contributed by atoms with Crippen LogP contribution in [0.4, 0.5) is 4.39 Å². The average molecular weight is 239 g/mol. The molecule has 0 radical (unpaired) electrons. The maximum Gasteiger partial charge on any atom is 0.127 e. The second kappa shape index (κ2) is 5.47. The number of rotatable bonds is 3. The van der Waals surface area contributed by atoms with Gasteiger partial charge < -0.3 is 15.5 Å². The summed E-state index contributed by atoms with van der Waals surface area (Å²) in [5.74, 6) is -0.457. The first-order valence-electron chi connectivity index (χ1n) is 6.03. The minimum Gasteiger partial charge on any atom is -0.508 e. The van der Waals surface area contributed by atoms with E-state index in [0.717, 1.165) is 37.3 Å². The molecule has 0 aromatic heterocycles. The minimum absolute atomic E-state index is 0.0409. The van der Waals surface area contributed by atoms with Gasteiger partial charge in [-0.05, 0) is 43.4 Å². The van der Waals surface area contributed by atoms with Crippen molar-refractivity contribution in [3.8, 4) is 5.75 Å². The van der Waals surface area contributed by atoms with Crippen molar-refractivity contribution in [3.63, 3.8) is 0 Å². The standard InChI is InChI=1S/C13H18FNO2/c14-10-5-9(6-13(17)7-10)8-15-11-1-3-12(16)4-2-11/h5-7,11-12,15-17H,1-4,8H2. The fraction of sp³-hybridized carbons (Fsp3) is 0.538. The lowest BCUT2D eigenvalue weighted by Crippen LogP contribution is -2.34. The molecule has 0 bridgehead atoms. The Morgan fingerprint density at radius 1 is 1.18 bits per heavy atom. The van der Waals surface area contributed by atoms with Crippen LogP contribution in [0.3, 0.4) is 0 Å². The first-order valence-corrected chi connectivity index (χ1v) is 6.03. The number of aromatic hydroxyl groups is 1. The van der Waals surface area contributed by atoms with Crippen LogP contribution in [-0.2, 0) is 6.54 Å². The van der Waals surface area contributed by atoms with Gasteiger partial charge in [-0.3, -0.25) is 0 Å². The number of aliphatic hydroxyl groups excluding tert-OH is 1. The van der Waals surface area contributed by atoms with E-state index in [1.807, 2.05) is 0 Å². The van der Waals surface area contributed by atoms with Crippen LogP contribution in [0.1, 0.15) is 31.2 Å². The van der Waals surface area contributed by atoms with Gasteiger partial charge in [-0.2, -0.15) is 0 Å². The van der Waals surface area contributed by atoms with E-state index in [1.54, 1.807) is 6.07 Å². The molecule has 4 heteroatoms. The Bertz CT molecular complexity index is 355. The zero-order valence-electron chi connectivity index (χ0n) is 9.69. The Morgan fingerprint density at radius 3 is 2.53 bits per heavy atom. The van der Waals surface area contributed by atoms with Gasteiger partial charge in [0.05, 0.1) is 6.10 Å². The van der Waals surface area contributed by atoms with Crippen molar-refractivity contribution in [2.75, 3.05) is 0 Å². The van der Waals surface area contributed by atoms with Gasteiger partial charge in [0.25, 0.3) is 0 Å². The Labute approximate surface area is 100 Å². The van der Waals surface area contributed by atoms with Crippen LogP contribution >= 0.6 is 0 Å². The van der Waals surface area contributed by atoms with Gasteiger partial charge in [0.1, 0.15) is 11.6 Å². The highest BCUT2D eigenvalue weighted by molar-refractivity contribution is 5.28. The van der Waals surface area contributed by atoms with Crippen molar-refractivity contribution in [2.24, 2.45) is 0 Å². The van der Waals surface area contributed by atoms with Crippen molar-refractivity contribution in [2.45, 2.75) is 44.4 Å². The zero-order valence-corrected chi connectivity index (χ0v) is 9.69. The Balaban J connectivity index is 1.85. The minimum atomic E-state index is -0.416. The van der Waals surface area contributed by atoms with E-state index in [4.69, 9.17) is 0 Å². The van der Waals surface area contributed by atoms with E-state index >= 15 is 0 Å². The molecule has 1 aliphatic rings. The Kier molecular flexibility index (Phi) is 3.97. The lowest BCUT2D eigenvalue weighted by atomic mass is 9.93. The number of phenols is 1. The summed E-state index contributed by atoms with van der Waals surface area (Å²) in [7, 11) is 0. The molecular formula is C13H18FNO2. The number of benzene rings is 1. The van der Waals surface area contributed by atoms with Gasteiger partial charge in [-0.15, -0.1) is 0 Å². The third-order valence-electron chi connectivity index (χ3n) is 3.23. The van der Waals surface area contributed by atoms with Gasteiger partial charge in [0, 0.05) is 18.7 Å². The molecule has 0 saturated heterocycles. The molecule has 1 fully saturated rings. The van der Waals surface area contributed by atoms with E-state index in [9.17, 15) is 14.6 Å². The predicted octanol–water partition coefficient (Wildman–Crippen LogP) is 1.92. The van der Waals surface area contributed by atoms with Crippen LogP contribution in [0.25, 0.3) is 0 Å². The highest BCUT2D eigenvalue weighted by Crippen LogP contribution is 2.19. The first-order chi connectivity index (χ1) is 8.13. The largest absolute Gasteiger partial charge is 0.508 e. The monoisotopic (exact) mass is 239 g/mol. The molecule has 0 spiro atoms. The molecule has 1 saturated carbocycles. The summed E-state index contributed by atoms with van der Waals surface area (Å²) in [5.41, 5.74) is 0.744. The highest BCUT2D eigenvalue weighted by Gasteiger charge is 2.18. The van der Waals surface area contributed by atoms with Crippen LogP contribution in [0.5, 0.6) is 5.75 Å². The van der Waals surface area contributed by atoms with E-state index in [-0.39, 0.29) is 11.9 Å². The summed E-state index contributed by atoms with van der Waals surface area (Å²) in [4.78, 5) is 0. The summed E-state index contributed by atoms with van der Waals surface area (Å²) >= 11 is 0. The van der Waals surface area contributed by atoms with Crippen LogP contribution in [0.2, 0.25) is 0 Å². The Hall–Kier alpha value is -1.13. The number of hydrogen-bond acceptors (Lipinski definition) is 3. The average Bonchev–Trinajstić information content (AvgIpc) is 2.27. The van der Waals surface area contributed by atoms with Crippen LogP contribution in [-0.4, -0.2) is 22.4 Å². The lowest BCUT2D eigenvalue weighted by Gasteiger charge is -2.26. The number of halogens is 1. The van der Waals surface area contributed by atoms with Gasteiger partial charge in [-0.25, -0.2) is 4.39 Å². The molecule has 0 amide bonds. The molecule has 17 heavy (non-hydrogen) atoms. The molecule has 3 nitrogen and oxygen atoms in total. The molecule has 94 valence electrons. The van der Waals surface area contributed by atoms with Crippen LogP contribution < -0.4 is 5.32 Å². The number of aliphatic hydroxyl groups is 1. The normalized spacial score (nSPS) is 24.8. The molecular weight excluding hydrogens is 221 g/mol. The molecule has 0 aliphatic heterocycles. The number of hydrogen-bond donors (Lipinski definition) is 3. The molecule has 0 unspecified atom stereocenters. The summed E-state index contributed by atoms with van der Waals surface area (Å²) < 4.78 is 13.0. The van der Waals surface area contributed by atoms with Crippen molar-refractivity contribution >= 4 is 0 Å². The topological polar surface area (TPSA) is 52.5 Å². The second-order valence-electron chi connectivity index (χ2n) is 4.70. The van der Waals surface area contributed by atoms with Gasteiger partial charge in [0.15, 0.2) is 0 Å².